The highest BCUT2D eigenvalue weighted by Crippen LogP contribution is 2.27. The maximum absolute atomic E-state index is 12.3. The fraction of sp³-hybridized carbons (Fsp3) is 0.375. The average molecular weight is 287 g/mol. The van der Waals surface area contributed by atoms with Crippen molar-refractivity contribution in [2.24, 2.45) is 5.92 Å². The number of para-hydroxylation sites is 1. The summed E-state index contributed by atoms with van der Waals surface area (Å²) >= 11 is 0. The van der Waals surface area contributed by atoms with E-state index in [-0.39, 0.29) is 17.7 Å². The van der Waals surface area contributed by atoms with Gasteiger partial charge < -0.3 is 14.8 Å². The number of rotatable bonds is 3. The second kappa shape index (κ2) is 5.24. The number of hydrogen-bond donors (Lipinski definition) is 2. The third kappa shape index (κ3) is 2.51. The van der Waals surface area contributed by atoms with E-state index in [2.05, 4.69) is 5.32 Å². The Morgan fingerprint density at radius 2 is 2.14 bits per heavy atom. The number of carboxylic acid groups (broad SMARTS) is 1. The van der Waals surface area contributed by atoms with E-state index in [9.17, 15) is 9.59 Å². The highest BCUT2D eigenvalue weighted by atomic mass is 16.4. The van der Waals surface area contributed by atoms with Crippen LogP contribution in [0.5, 0.6) is 0 Å². The van der Waals surface area contributed by atoms with E-state index in [1.807, 2.05) is 25.1 Å². The predicted octanol–water partition coefficient (Wildman–Crippen LogP) is 2.72. The lowest BCUT2D eigenvalue weighted by atomic mass is 10.0. The van der Waals surface area contributed by atoms with Crippen LogP contribution in [-0.2, 0) is 4.79 Å². The summed E-state index contributed by atoms with van der Waals surface area (Å²) in [4.78, 5) is 23.4. The zero-order chi connectivity index (χ0) is 15.0. The summed E-state index contributed by atoms with van der Waals surface area (Å²) < 4.78 is 5.61. The van der Waals surface area contributed by atoms with E-state index in [4.69, 9.17) is 9.52 Å². The van der Waals surface area contributed by atoms with Crippen molar-refractivity contribution < 1.29 is 19.1 Å². The molecule has 1 aromatic carbocycles. The number of furan rings is 1. The Hall–Kier alpha value is -2.30. The first-order valence-corrected chi connectivity index (χ1v) is 7.09. The minimum Gasteiger partial charge on any atom is -0.481 e. The van der Waals surface area contributed by atoms with Gasteiger partial charge in [0.25, 0.3) is 5.91 Å². The molecule has 1 aliphatic rings. The molecular formula is C16H17NO4. The molecule has 1 fully saturated rings. The van der Waals surface area contributed by atoms with Gasteiger partial charge in [-0.2, -0.15) is 0 Å². The fourth-order valence-electron chi connectivity index (χ4n) is 2.99. The smallest absolute Gasteiger partial charge is 0.308 e. The standard InChI is InChI=1S/C16H17NO4/c1-9-4-2-5-10-8-13(21-14(9)10)15(18)17-12-7-3-6-11(12)16(19)20/h2,4-5,8,11-12H,3,6-7H2,1H3,(H,17,18)(H,19,20)/t11-,12+/m0/s1. The molecule has 21 heavy (non-hydrogen) atoms. The van der Waals surface area contributed by atoms with Crippen molar-refractivity contribution in [2.75, 3.05) is 0 Å². The molecule has 2 N–H and O–H groups in total. The second-order valence-corrected chi connectivity index (χ2v) is 5.56. The summed E-state index contributed by atoms with van der Waals surface area (Å²) in [7, 11) is 0. The van der Waals surface area contributed by atoms with E-state index in [0.717, 1.165) is 17.4 Å². The van der Waals surface area contributed by atoms with Gasteiger partial charge in [0.15, 0.2) is 5.76 Å². The number of amides is 1. The van der Waals surface area contributed by atoms with Crippen LogP contribution in [0.4, 0.5) is 0 Å². The van der Waals surface area contributed by atoms with Crippen LogP contribution in [0.15, 0.2) is 28.7 Å². The van der Waals surface area contributed by atoms with Gasteiger partial charge in [0.1, 0.15) is 5.58 Å². The van der Waals surface area contributed by atoms with Gasteiger partial charge in [-0.1, -0.05) is 24.6 Å². The molecule has 1 aromatic heterocycles. The molecule has 2 atom stereocenters. The van der Waals surface area contributed by atoms with Crippen molar-refractivity contribution in [1.82, 2.24) is 5.32 Å². The van der Waals surface area contributed by atoms with E-state index < -0.39 is 11.9 Å². The largest absolute Gasteiger partial charge is 0.481 e. The van der Waals surface area contributed by atoms with Crippen molar-refractivity contribution in [3.8, 4) is 0 Å². The highest BCUT2D eigenvalue weighted by molar-refractivity contribution is 5.97. The highest BCUT2D eigenvalue weighted by Gasteiger charge is 2.34. The number of fused-ring (bicyclic) bond motifs is 1. The molecule has 5 nitrogen and oxygen atoms in total. The zero-order valence-electron chi connectivity index (χ0n) is 11.8. The van der Waals surface area contributed by atoms with E-state index in [0.29, 0.717) is 18.4 Å². The third-order valence-corrected chi connectivity index (χ3v) is 4.11. The van der Waals surface area contributed by atoms with Gasteiger partial charge >= 0.3 is 5.97 Å². The Morgan fingerprint density at radius 1 is 1.33 bits per heavy atom. The Bertz CT molecular complexity index is 703. The summed E-state index contributed by atoms with van der Waals surface area (Å²) in [5.74, 6) is -1.46. The lowest BCUT2D eigenvalue weighted by Gasteiger charge is -2.16. The molecule has 1 aliphatic carbocycles. The first-order chi connectivity index (χ1) is 10.1. The average Bonchev–Trinajstić information content (AvgIpc) is 3.05. The Morgan fingerprint density at radius 3 is 2.86 bits per heavy atom. The third-order valence-electron chi connectivity index (χ3n) is 4.11. The second-order valence-electron chi connectivity index (χ2n) is 5.56. The number of carbonyl (C=O) groups is 2. The van der Waals surface area contributed by atoms with Crippen molar-refractivity contribution in [3.05, 3.63) is 35.6 Å². The van der Waals surface area contributed by atoms with Crippen LogP contribution in [0.2, 0.25) is 0 Å². The summed E-state index contributed by atoms with van der Waals surface area (Å²) in [5.41, 5.74) is 1.67. The molecular weight excluding hydrogens is 270 g/mol. The van der Waals surface area contributed by atoms with Crippen molar-refractivity contribution in [1.29, 1.82) is 0 Å². The number of aliphatic carboxylic acids is 1. The van der Waals surface area contributed by atoms with Crippen LogP contribution >= 0.6 is 0 Å². The number of hydrogen-bond acceptors (Lipinski definition) is 3. The van der Waals surface area contributed by atoms with E-state index in [1.54, 1.807) is 6.07 Å². The van der Waals surface area contributed by atoms with Gasteiger partial charge in [-0.25, -0.2) is 0 Å². The minimum atomic E-state index is -0.849. The van der Waals surface area contributed by atoms with Gasteiger partial charge in [0, 0.05) is 11.4 Å². The van der Waals surface area contributed by atoms with Crippen LogP contribution in [0.1, 0.15) is 35.4 Å². The Kier molecular flexibility index (Phi) is 3.41. The maximum Gasteiger partial charge on any atom is 0.308 e. The van der Waals surface area contributed by atoms with Gasteiger partial charge in [-0.05, 0) is 31.4 Å². The molecule has 0 bridgehead atoms. The van der Waals surface area contributed by atoms with Gasteiger partial charge in [-0.15, -0.1) is 0 Å². The number of carboxylic acids is 1. The Labute approximate surface area is 121 Å². The number of benzene rings is 1. The molecule has 1 heterocycles. The normalized spacial score (nSPS) is 21.6. The van der Waals surface area contributed by atoms with Crippen molar-refractivity contribution in [2.45, 2.75) is 32.2 Å². The molecule has 2 aromatic rings. The quantitative estimate of drug-likeness (QED) is 0.909. The van der Waals surface area contributed by atoms with E-state index in [1.165, 1.54) is 0 Å². The molecule has 110 valence electrons. The van der Waals surface area contributed by atoms with Gasteiger partial charge in [0.05, 0.1) is 5.92 Å². The topological polar surface area (TPSA) is 79.5 Å². The predicted molar refractivity (Wildman–Crippen MR) is 77.2 cm³/mol. The fourth-order valence-corrected chi connectivity index (χ4v) is 2.99. The summed E-state index contributed by atoms with van der Waals surface area (Å²) in [6.07, 6.45) is 2.13. The van der Waals surface area contributed by atoms with E-state index >= 15 is 0 Å². The Balaban J connectivity index is 1.81. The van der Waals surface area contributed by atoms with Gasteiger partial charge in [-0.3, -0.25) is 9.59 Å². The summed E-state index contributed by atoms with van der Waals surface area (Å²) in [6, 6.07) is 7.10. The number of carbonyl (C=O) groups excluding carboxylic acids is 1. The molecule has 0 unspecified atom stereocenters. The maximum atomic E-state index is 12.3. The first-order valence-electron chi connectivity index (χ1n) is 7.09. The molecule has 5 heteroatoms. The van der Waals surface area contributed by atoms with Gasteiger partial charge in [0.2, 0.25) is 0 Å². The number of aryl methyl sites for hydroxylation is 1. The molecule has 0 aliphatic heterocycles. The van der Waals surface area contributed by atoms with Crippen LogP contribution in [0.3, 0.4) is 0 Å². The van der Waals surface area contributed by atoms with Crippen molar-refractivity contribution in [3.63, 3.8) is 0 Å². The molecule has 0 saturated heterocycles. The van der Waals surface area contributed by atoms with Crippen LogP contribution in [0, 0.1) is 12.8 Å². The summed E-state index contributed by atoms with van der Waals surface area (Å²) in [5, 5.41) is 12.8. The van der Waals surface area contributed by atoms with Crippen LogP contribution in [0.25, 0.3) is 11.0 Å². The minimum absolute atomic E-state index is 0.232. The summed E-state index contributed by atoms with van der Waals surface area (Å²) in [6.45, 7) is 1.92. The first kappa shape index (κ1) is 13.7. The van der Waals surface area contributed by atoms with Crippen LogP contribution < -0.4 is 5.32 Å². The van der Waals surface area contributed by atoms with Crippen molar-refractivity contribution >= 4 is 22.8 Å². The van der Waals surface area contributed by atoms with Crippen LogP contribution in [-0.4, -0.2) is 23.0 Å². The lowest BCUT2D eigenvalue weighted by Crippen LogP contribution is -2.40. The molecule has 1 amide bonds. The lowest BCUT2D eigenvalue weighted by molar-refractivity contribution is -0.142. The number of nitrogens with one attached hydrogen (secondary N) is 1. The molecule has 0 radical (unpaired) electrons. The molecule has 3 rings (SSSR count). The molecule has 0 spiro atoms. The zero-order valence-corrected chi connectivity index (χ0v) is 11.8. The monoisotopic (exact) mass is 287 g/mol. The molecule has 1 saturated carbocycles. The SMILES string of the molecule is Cc1cccc2cc(C(=O)N[C@@H]3CCC[C@@H]3C(=O)O)oc12.